The number of hydrogen-bond acceptors (Lipinski definition) is 4. The third-order valence-corrected chi connectivity index (χ3v) is 4.36. The van der Waals surface area contributed by atoms with Crippen LogP contribution in [0.5, 0.6) is 11.6 Å². The third-order valence-electron chi connectivity index (χ3n) is 4.36. The first-order valence-electron chi connectivity index (χ1n) is 8.30. The topological polar surface area (TPSA) is 67.5 Å². The highest BCUT2D eigenvalue weighted by molar-refractivity contribution is 6.08. The second-order valence-electron chi connectivity index (χ2n) is 6.02. The molecule has 0 unspecified atom stereocenters. The molecule has 6 nitrogen and oxygen atoms in total. The highest BCUT2D eigenvalue weighted by Gasteiger charge is 2.23. The minimum Gasteiger partial charge on any atom is -0.437 e. The lowest BCUT2D eigenvalue weighted by molar-refractivity contribution is 0.0304. The number of nitrogens with zero attached hydrogens (tertiary/aromatic N) is 2. The van der Waals surface area contributed by atoms with Gasteiger partial charge in [-0.1, -0.05) is 18.2 Å². The first-order valence-corrected chi connectivity index (χ1v) is 8.30. The number of carbonyl (C=O) groups is 1. The number of para-hydroxylation sites is 1. The summed E-state index contributed by atoms with van der Waals surface area (Å²) in [6, 6.07) is 9.48. The molecule has 1 N–H and O–H groups in total. The molecule has 1 saturated heterocycles. The lowest BCUT2D eigenvalue weighted by Crippen LogP contribution is -2.40. The quantitative estimate of drug-likeness (QED) is 0.797. The number of hydrogen-bond donors (Lipinski definition) is 1. The number of H-pyrrole nitrogens is 1. The monoisotopic (exact) mass is 337 g/mol. The molecule has 0 radical (unpaired) electrons. The number of nitrogens with one attached hydrogen (secondary N) is 1. The van der Waals surface area contributed by atoms with Crippen LogP contribution in [-0.4, -0.2) is 47.1 Å². The average Bonchev–Trinajstić information content (AvgIpc) is 3.06. The highest BCUT2D eigenvalue weighted by atomic mass is 16.5. The van der Waals surface area contributed by atoms with Crippen molar-refractivity contribution >= 4 is 16.8 Å². The van der Waals surface area contributed by atoms with E-state index in [-0.39, 0.29) is 5.91 Å². The fourth-order valence-corrected chi connectivity index (χ4v) is 3.07. The molecule has 4 rings (SSSR count). The molecule has 0 atom stereocenters. The van der Waals surface area contributed by atoms with E-state index in [0.29, 0.717) is 43.5 Å². The number of aromatic nitrogens is 2. The molecule has 3 heterocycles. The molecule has 2 aromatic heterocycles. The van der Waals surface area contributed by atoms with Gasteiger partial charge in [-0.2, -0.15) is 0 Å². The SMILES string of the molecule is Cc1c[nH]c2c(Oc3ccccc3)ncc(C(=O)N3CCOCC3)c12. The first-order chi connectivity index (χ1) is 12.2. The molecule has 1 aromatic carbocycles. The van der Waals surface area contributed by atoms with E-state index in [9.17, 15) is 4.79 Å². The van der Waals surface area contributed by atoms with Crippen molar-refractivity contribution in [1.29, 1.82) is 0 Å². The molecule has 0 spiro atoms. The van der Waals surface area contributed by atoms with Gasteiger partial charge in [-0.3, -0.25) is 4.79 Å². The molecule has 128 valence electrons. The number of aryl methyl sites for hydroxylation is 1. The van der Waals surface area contributed by atoms with Crippen LogP contribution in [0.2, 0.25) is 0 Å². The summed E-state index contributed by atoms with van der Waals surface area (Å²) in [5.41, 5.74) is 2.32. The van der Waals surface area contributed by atoms with Crippen molar-refractivity contribution in [3.8, 4) is 11.6 Å². The molecule has 1 aliphatic rings. The highest BCUT2D eigenvalue weighted by Crippen LogP contribution is 2.31. The summed E-state index contributed by atoms with van der Waals surface area (Å²) in [6.45, 7) is 4.33. The van der Waals surface area contributed by atoms with Gasteiger partial charge in [0, 0.05) is 30.9 Å². The summed E-state index contributed by atoms with van der Waals surface area (Å²) in [5, 5.41) is 0.859. The van der Waals surface area contributed by atoms with E-state index in [1.807, 2.05) is 48.4 Å². The number of morpholine rings is 1. The van der Waals surface area contributed by atoms with Gasteiger partial charge in [0.25, 0.3) is 5.91 Å². The molecule has 6 heteroatoms. The Hall–Kier alpha value is -2.86. The maximum atomic E-state index is 12.9. The van der Waals surface area contributed by atoms with E-state index in [2.05, 4.69) is 9.97 Å². The van der Waals surface area contributed by atoms with Crippen LogP contribution in [0.25, 0.3) is 10.9 Å². The number of amides is 1. The molecule has 1 amide bonds. The van der Waals surface area contributed by atoms with Crippen molar-refractivity contribution in [3.63, 3.8) is 0 Å². The minimum absolute atomic E-state index is 0.0187. The van der Waals surface area contributed by atoms with Crippen molar-refractivity contribution < 1.29 is 14.3 Å². The Morgan fingerprint density at radius 3 is 2.76 bits per heavy atom. The second-order valence-corrected chi connectivity index (χ2v) is 6.02. The summed E-state index contributed by atoms with van der Waals surface area (Å²) in [7, 11) is 0. The molecule has 1 aliphatic heterocycles. The Morgan fingerprint density at radius 2 is 2.00 bits per heavy atom. The van der Waals surface area contributed by atoms with Crippen molar-refractivity contribution in [3.05, 3.63) is 53.9 Å². The number of rotatable bonds is 3. The molecule has 0 saturated carbocycles. The smallest absolute Gasteiger partial charge is 0.256 e. The van der Waals surface area contributed by atoms with Gasteiger partial charge < -0.3 is 19.4 Å². The van der Waals surface area contributed by atoms with Gasteiger partial charge in [-0.05, 0) is 24.6 Å². The number of fused-ring (bicyclic) bond motifs is 1. The van der Waals surface area contributed by atoms with Crippen LogP contribution >= 0.6 is 0 Å². The molecule has 3 aromatic rings. The van der Waals surface area contributed by atoms with Crippen LogP contribution in [-0.2, 0) is 4.74 Å². The fourth-order valence-electron chi connectivity index (χ4n) is 3.07. The van der Waals surface area contributed by atoms with Gasteiger partial charge in [0.1, 0.15) is 11.3 Å². The molecular weight excluding hydrogens is 318 g/mol. The minimum atomic E-state index is -0.0187. The number of benzene rings is 1. The van der Waals surface area contributed by atoms with Gasteiger partial charge in [-0.15, -0.1) is 0 Å². The summed E-state index contributed by atoms with van der Waals surface area (Å²) in [6.07, 6.45) is 3.49. The van der Waals surface area contributed by atoms with E-state index >= 15 is 0 Å². The van der Waals surface area contributed by atoms with Crippen molar-refractivity contribution in [2.24, 2.45) is 0 Å². The summed E-state index contributed by atoms with van der Waals surface area (Å²) in [4.78, 5) is 22.3. The Labute approximate surface area is 145 Å². The number of aromatic amines is 1. The van der Waals surface area contributed by atoms with Crippen molar-refractivity contribution in [2.45, 2.75) is 6.92 Å². The number of carbonyl (C=O) groups excluding carboxylic acids is 1. The van der Waals surface area contributed by atoms with E-state index in [1.54, 1.807) is 6.20 Å². The summed E-state index contributed by atoms with van der Waals surface area (Å²) in [5.74, 6) is 1.15. The fraction of sp³-hybridized carbons (Fsp3) is 0.263. The zero-order valence-electron chi connectivity index (χ0n) is 14.0. The molecule has 25 heavy (non-hydrogen) atoms. The van der Waals surface area contributed by atoms with Gasteiger partial charge in [0.15, 0.2) is 0 Å². The maximum Gasteiger partial charge on any atom is 0.256 e. The normalized spacial score (nSPS) is 14.7. The van der Waals surface area contributed by atoms with Crippen LogP contribution in [0, 0.1) is 6.92 Å². The average molecular weight is 337 g/mol. The van der Waals surface area contributed by atoms with Gasteiger partial charge in [-0.25, -0.2) is 4.98 Å². The Bertz CT molecular complexity index is 899. The Kier molecular flexibility index (Phi) is 4.11. The molecule has 0 bridgehead atoms. The van der Waals surface area contributed by atoms with Crippen LogP contribution in [0.4, 0.5) is 0 Å². The van der Waals surface area contributed by atoms with Crippen molar-refractivity contribution in [2.75, 3.05) is 26.3 Å². The van der Waals surface area contributed by atoms with Crippen molar-refractivity contribution in [1.82, 2.24) is 14.9 Å². The molecule has 1 fully saturated rings. The van der Waals surface area contributed by atoms with Gasteiger partial charge in [0.05, 0.1) is 18.8 Å². The van der Waals surface area contributed by atoms with E-state index in [1.165, 1.54) is 0 Å². The predicted octanol–water partition coefficient (Wildman–Crippen LogP) is 3.14. The van der Waals surface area contributed by atoms with Crippen LogP contribution in [0.3, 0.4) is 0 Å². The van der Waals surface area contributed by atoms with Crippen LogP contribution in [0.15, 0.2) is 42.7 Å². The number of ether oxygens (including phenoxy) is 2. The van der Waals surface area contributed by atoms with E-state index in [0.717, 1.165) is 16.5 Å². The zero-order chi connectivity index (χ0) is 17.2. The summed E-state index contributed by atoms with van der Waals surface area (Å²) < 4.78 is 11.2. The lowest BCUT2D eigenvalue weighted by Gasteiger charge is -2.27. The maximum absolute atomic E-state index is 12.9. The largest absolute Gasteiger partial charge is 0.437 e. The number of pyridine rings is 1. The Balaban J connectivity index is 1.73. The molecular formula is C19H19N3O3. The zero-order valence-corrected chi connectivity index (χ0v) is 14.0. The predicted molar refractivity (Wildman–Crippen MR) is 94.1 cm³/mol. The lowest BCUT2D eigenvalue weighted by atomic mass is 10.1. The molecule has 0 aliphatic carbocycles. The Morgan fingerprint density at radius 1 is 1.24 bits per heavy atom. The second kappa shape index (κ2) is 6.57. The van der Waals surface area contributed by atoms with Crippen LogP contribution in [0.1, 0.15) is 15.9 Å². The van der Waals surface area contributed by atoms with E-state index in [4.69, 9.17) is 9.47 Å². The summed E-state index contributed by atoms with van der Waals surface area (Å²) >= 11 is 0. The standard InChI is InChI=1S/C19H19N3O3/c1-13-11-20-17-16(13)15(19(23)22-7-9-24-10-8-22)12-21-18(17)25-14-5-3-2-4-6-14/h2-6,11-12,20H,7-10H2,1H3. The van der Waals surface area contributed by atoms with Gasteiger partial charge >= 0.3 is 0 Å². The van der Waals surface area contributed by atoms with Gasteiger partial charge in [0.2, 0.25) is 5.88 Å². The third kappa shape index (κ3) is 2.96. The first kappa shape index (κ1) is 15.7. The van der Waals surface area contributed by atoms with E-state index < -0.39 is 0 Å². The van der Waals surface area contributed by atoms with Crippen LogP contribution < -0.4 is 4.74 Å².